The lowest BCUT2D eigenvalue weighted by molar-refractivity contribution is -0.139. The maximum Gasteiger partial charge on any atom is 0.336 e. The van der Waals surface area contributed by atoms with Gasteiger partial charge >= 0.3 is 5.97 Å². The Hall–Kier alpha value is -2.13. The molecule has 110 valence electrons. The number of fused-ring (bicyclic) bond motifs is 1. The Kier molecular flexibility index (Phi) is 5.52. The molecule has 0 bridgehead atoms. The van der Waals surface area contributed by atoms with Crippen LogP contribution in [0.15, 0.2) is 48.0 Å². The zero-order valence-electron chi connectivity index (χ0n) is 12.5. The van der Waals surface area contributed by atoms with Gasteiger partial charge in [0.1, 0.15) is 0 Å². The highest BCUT2D eigenvalue weighted by molar-refractivity contribution is 5.98. The molecule has 3 heteroatoms. The van der Waals surface area contributed by atoms with Gasteiger partial charge in [0, 0.05) is 6.61 Å². The van der Waals surface area contributed by atoms with Crippen LogP contribution in [0.5, 0.6) is 0 Å². The van der Waals surface area contributed by atoms with E-state index in [4.69, 9.17) is 9.47 Å². The summed E-state index contributed by atoms with van der Waals surface area (Å²) in [6.45, 7) is 4.89. The van der Waals surface area contributed by atoms with E-state index in [1.807, 2.05) is 43.3 Å². The van der Waals surface area contributed by atoms with Crippen LogP contribution in [-0.2, 0) is 14.3 Å². The van der Waals surface area contributed by atoms with E-state index >= 15 is 0 Å². The molecule has 21 heavy (non-hydrogen) atoms. The van der Waals surface area contributed by atoms with Crippen molar-refractivity contribution in [2.75, 3.05) is 19.8 Å². The van der Waals surface area contributed by atoms with Gasteiger partial charge in [-0.2, -0.15) is 0 Å². The van der Waals surface area contributed by atoms with Gasteiger partial charge in [-0.25, -0.2) is 4.79 Å². The molecule has 0 aliphatic carbocycles. The summed E-state index contributed by atoms with van der Waals surface area (Å²) in [5, 5.41) is 2.25. The van der Waals surface area contributed by atoms with Gasteiger partial charge in [-0.05, 0) is 36.3 Å². The van der Waals surface area contributed by atoms with Crippen LogP contribution in [0.2, 0.25) is 0 Å². The van der Waals surface area contributed by atoms with Crippen molar-refractivity contribution < 1.29 is 14.3 Å². The van der Waals surface area contributed by atoms with E-state index in [0.717, 1.165) is 16.3 Å². The lowest BCUT2D eigenvalue weighted by Gasteiger charge is -2.08. The number of hydrogen-bond acceptors (Lipinski definition) is 3. The topological polar surface area (TPSA) is 35.5 Å². The first-order chi connectivity index (χ1) is 10.3. The van der Waals surface area contributed by atoms with Crippen molar-refractivity contribution in [3.8, 4) is 0 Å². The summed E-state index contributed by atoms with van der Waals surface area (Å²) in [4.78, 5) is 12.0. The second kappa shape index (κ2) is 7.60. The smallest absolute Gasteiger partial charge is 0.336 e. The number of carbonyl (C=O) groups is 1. The van der Waals surface area contributed by atoms with E-state index < -0.39 is 0 Å². The molecule has 2 rings (SSSR count). The third-order valence-electron chi connectivity index (χ3n) is 3.15. The highest BCUT2D eigenvalue weighted by Crippen LogP contribution is 2.21. The molecular formula is C18H20O3. The molecule has 0 saturated heterocycles. The molecular weight excluding hydrogens is 264 g/mol. The fraction of sp³-hybridized carbons (Fsp3) is 0.278. The Bertz CT molecular complexity index is 638. The van der Waals surface area contributed by atoms with Gasteiger partial charge in [-0.15, -0.1) is 0 Å². The fourth-order valence-corrected chi connectivity index (χ4v) is 2.16. The maximum absolute atomic E-state index is 12.0. The van der Waals surface area contributed by atoms with E-state index in [2.05, 4.69) is 12.1 Å². The van der Waals surface area contributed by atoms with E-state index in [1.165, 1.54) is 0 Å². The average Bonchev–Trinajstić information content (AvgIpc) is 2.51. The van der Waals surface area contributed by atoms with Crippen molar-refractivity contribution in [1.29, 1.82) is 0 Å². The number of rotatable bonds is 6. The predicted octanol–water partition coefficient (Wildman–Crippen LogP) is 3.82. The lowest BCUT2D eigenvalue weighted by atomic mass is 10.0. The third-order valence-corrected chi connectivity index (χ3v) is 3.15. The zero-order valence-corrected chi connectivity index (χ0v) is 12.5. The van der Waals surface area contributed by atoms with E-state index in [9.17, 15) is 4.79 Å². The summed E-state index contributed by atoms with van der Waals surface area (Å²) in [5.74, 6) is -0.320. The van der Waals surface area contributed by atoms with Crippen molar-refractivity contribution in [3.63, 3.8) is 0 Å². The summed E-state index contributed by atoms with van der Waals surface area (Å²) in [5.41, 5.74) is 1.53. The van der Waals surface area contributed by atoms with Crippen molar-refractivity contribution in [1.82, 2.24) is 0 Å². The maximum atomic E-state index is 12.0. The lowest BCUT2D eigenvalue weighted by Crippen LogP contribution is -2.12. The molecule has 0 N–H and O–H groups in total. The van der Waals surface area contributed by atoms with Crippen molar-refractivity contribution in [3.05, 3.63) is 53.6 Å². The normalized spacial score (nSPS) is 11.6. The molecule has 2 aromatic rings. The molecule has 3 nitrogen and oxygen atoms in total. The summed E-state index contributed by atoms with van der Waals surface area (Å²) < 4.78 is 10.5. The first-order valence-corrected chi connectivity index (χ1v) is 7.19. The molecule has 0 amide bonds. The Morgan fingerprint density at radius 3 is 2.57 bits per heavy atom. The molecule has 0 radical (unpaired) electrons. The monoisotopic (exact) mass is 284 g/mol. The fourth-order valence-electron chi connectivity index (χ4n) is 2.16. The van der Waals surface area contributed by atoms with Crippen molar-refractivity contribution in [2.24, 2.45) is 0 Å². The number of esters is 1. The van der Waals surface area contributed by atoms with Crippen LogP contribution >= 0.6 is 0 Å². The van der Waals surface area contributed by atoms with Crippen LogP contribution in [-0.4, -0.2) is 25.8 Å². The molecule has 0 fully saturated rings. The van der Waals surface area contributed by atoms with Crippen LogP contribution in [0.3, 0.4) is 0 Å². The predicted molar refractivity (Wildman–Crippen MR) is 85.1 cm³/mol. The quantitative estimate of drug-likeness (QED) is 0.597. The first kappa shape index (κ1) is 15.3. The summed E-state index contributed by atoms with van der Waals surface area (Å²) >= 11 is 0. The minimum atomic E-state index is -0.320. The van der Waals surface area contributed by atoms with Crippen LogP contribution in [0.4, 0.5) is 0 Å². The minimum absolute atomic E-state index is 0.262. The van der Waals surface area contributed by atoms with E-state index in [0.29, 0.717) is 18.8 Å². The molecule has 0 aromatic heterocycles. The van der Waals surface area contributed by atoms with Gasteiger partial charge in [-0.3, -0.25) is 0 Å². The number of carbonyl (C=O) groups excluding carboxylic acids is 1. The Morgan fingerprint density at radius 2 is 1.81 bits per heavy atom. The zero-order chi connectivity index (χ0) is 15.1. The van der Waals surface area contributed by atoms with E-state index in [-0.39, 0.29) is 12.6 Å². The van der Waals surface area contributed by atoms with Gasteiger partial charge in [0.25, 0.3) is 0 Å². The number of hydrogen-bond donors (Lipinski definition) is 0. The van der Waals surface area contributed by atoms with Crippen molar-refractivity contribution in [2.45, 2.75) is 13.8 Å². The minimum Gasteiger partial charge on any atom is -0.463 e. The summed E-state index contributed by atoms with van der Waals surface area (Å²) in [6.07, 6.45) is 1.86. The van der Waals surface area contributed by atoms with Gasteiger partial charge in [0.15, 0.2) is 0 Å². The Balaban J connectivity index is 2.41. The number of ether oxygens (including phenoxy) is 2. The highest BCUT2D eigenvalue weighted by atomic mass is 16.5. The van der Waals surface area contributed by atoms with Crippen LogP contribution in [0.25, 0.3) is 16.8 Å². The van der Waals surface area contributed by atoms with Crippen molar-refractivity contribution >= 4 is 22.8 Å². The largest absolute Gasteiger partial charge is 0.463 e. The van der Waals surface area contributed by atoms with Crippen LogP contribution in [0, 0.1) is 0 Å². The molecule has 0 spiro atoms. The molecule has 0 atom stereocenters. The third kappa shape index (κ3) is 3.92. The van der Waals surface area contributed by atoms with Crippen LogP contribution in [0.1, 0.15) is 19.4 Å². The van der Waals surface area contributed by atoms with Gasteiger partial charge in [0.05, 0.1) is 18.8 Å². The van der Waals surface area contributed by atoms with Gasteiger partial charge in [0.2, 0.25) is 0 Å². The standard InChI is InChI=1S/C18H20O3/c1-3-20-13-16(18(19)21-4-2)12-15-10-7-9-14-8-5-6-11-17(14)15/h5-12H,3-4,13H2,1-2H3. The molecule has 0 aliphatic rings. The van der Waals surface area contributed by atoms with Gasteiger partial charge < -0.3 is 9.47 Å². The van der Waals surface area contributed by atoms with Gasteiger partial charge in [-0.1, -0.05) is 42.5 Å². The molecule has 2 aromatic carbocycles. The molecule has 0 unspecified atom stereocenters. The Morgan fingerprint density at radius 1 is 1.05 bits per heavy atom. The summed E-state index contributed by atoms with van der Waals surface area (Å²) in [7, 11) is 0. The second-order valence-corrected chi connectivity index (χ2v) is 4.60. The molecule has 0 heterocycles. The summed E-state index contributed by atoms with van der Waals surface area (Å²) in [6, 6.07) is 14.1. The second-order valence-electron chi connectivity index (χ2n) is 4.60. The Labute approximate surface area is 125 Å². The SMILES string of the molecule is CCOCC(=Cc1cccc2ccccc12)C(=O)OCC. The highest BCUT2D eigenvalue weighted by Gasteiger charge is 2.11. The van der Waals surface area contributed by atoms with E-state index in [1.54, 1.807) is 6.92 Å². The number of benzene rings is 2. The molecule has 0 saturated carbocycles. The first-order valence-electron chi connectivity index (χ1n) is 7.19. The average molecular weight is 284 g/mol. The van der Waals surface area contributed by atoms with Crippen LogP contribution < -0.4 is 0 Å². The molecule has 0 aliphatic heterocycles.